The number of rotatable bonds is 7. The van der Waals surface area contributed by atoms with Crippen LogP contribution in [0.1, 0.15) is 38.6 Å². The van der Waals surface area contributed by atoms with Crippen molar-refractivity contribution in [3.8, 4) is 0 Å². The lowest BCUT2D eigenvalue weighted by molar-refractivity contribution is 0.233. The van der Waals surface area contributed by atoms with Gasteiger partial charge in [0.1, 0.15) is 0 Å². The van der Waals surface area contributed by atoms with Gasteiger partial charge < -0.3 is 5.32 Å². The van der Waals surface area contributed by atoms with Gasteiger partial charge in [-0.3, -0.25) is 9.88 Å². The van der Waals surface area contributed by atoms with Crippen LogP contribution < -0.4 is 5.32 Å². The number of hydrogen-bond donors (Lipinski definition) is 1. The second-order valence-corrected chi connectivity index (χ2v) is 5.43. The van der Waals surface area contributed by atoms with Crippen molar-refractivity contribution in [1.29, 1.82) is 0 Å². The molecule has 102 valence electrons. The smallest absolute Gasteiger partial charge is 0.0547 e. The lowest BCUT2D eigenvalue weighted by Gasteiger charge is -2.25. The van der Waals surface area contributed by atoms with E-state index in [1.54, 1.807) is 0 Å². The molecule has 1 unspecified atom stereocenters. The van der Waals surface area contributed by atoms with Crippen molar-refractivity contribution < 1.29 is 0 Å². The third-order valence-corrected chi connectivity index (χ3v) is 3.22. The summed E-state index contributed by atoms with van der Waals surface area (Å²) < 4.78 is 0. The molecule has 0 aromatic carbocycles. The molecule has 0 aliphatic rings. The molecule has 0 saturated heterocycles. The molecule has 1 N–H and O–H groups in total. The van der Waals surface area contributed by atoms with Crippen LogP contribution in [0.3, 0.4) is 0 Å². The van der Waals surface area contributed by atoms with E-state index in [-0.39, 0.29) is 0 Å². The van der Waals surface area contributed by atoms with Crippen molar-refractivity contribution in [3.05, 3.63) is 29.6 Å². The molecule has 3 heteroatoms. The summed E-state index contributed by atoms with van der Waals surface area (Å²) in [6.45, 7) is 10.7. The van der Waals surface area contributed by atoms with Crippen molar-refractivity contribution >= 4 is 0 Å². The Kier molecular flexibility index (Phi) is 6.30. The van der Waals surface area contributed by atoms with E-state index in [0.29, 0.717) is 12.1 Å². The summed E-state index contributed by atoms with van der Waals surface area (Å²) in [5.74, 6) is 0. The number of nitrogens with one attached hydrogen (secondary N) is 1. The van der Waals surface area contributed by atoms with Crippen LogP contribution in [0.5, 0.6) is 0 Å². The second-order valence-electron chi connectivity index (χ2n) is 5.43. The molecular formula is C15H27N3. The van der Waals surface area contributed by atoms with E-state index >= 15 is 0 Å². The van der Waals surface area contributed by atoms with Gasteiger partial charge in [0.25, 0.3) is 0 Å². The fraction of sp³-hybridized carbons (Fsp3) is 0.667. The van der Waals surface area contributed by atoms with Crippen molar-refractivity contribution in [1.82, 2.24) is 15.2 Å². The maximum Gasteiger partial charge on any atom is 0.0547 e. The largest absolute Gasteiger partial charge is 0.314 e. The topological polar surface area (TPSA) is 28.2 Å². The molecule has 0 radical (unpaired) electrons. The van der Waals surface area contributed by atoms with Crippen molar-refractivity contribution in [2.75, 3.05) is 13.6 Å². The van der Waals surface area contributed by atoms with Crippen LogP contribution in [-0.2, 0) is 6.54 Å². The second kappa shape index (κ2) is 7.49. The Balaban J connectivity index is 2.37. The van der Waals surface area contributed by atoms with Gasteiger partial charge in [-0.25, -0.2) is 0 Å². The number of aromatic nitrogens is 1. The first-order valence-corrected chi connectivity index (χ1v) is 6.85. The molecule has 0 aliphatic heterocycles. The standard InChI is InChI=1S/C15H27N3/c1-12(2)16-10-9-14(4)18(5)11-15-8-6-7-13(3)17-15/h6-8,12,14,16H,9-11H2,1-5H3. The molecule has 1 rings (SSSR count). The Morgan fingerprint density at radius 1 is 1.28 bits per heavy atom. The third-order valence-electron chi connectivity index (χ3n) is 3.22. The van der Waals surface area contributed by atoms with E-state index in [1.165, 1.54) is 6.42 Å². The van der Waals surface area contributed by atoms with Gasteiger partial charge in [0.2, 0.25) is 0 Å². The number of aryl methyl sites for hydroxylation is 1. The average Bonchev–Trinajstić information content (AvgIpc) is 2.28. The van der Waals surface area contributed by atoms with Crippen LogP contribution in [0.4, 0.5) is 0 Å². The van der Waals surface area contributed by atoms with Crippen LogP contribution in [0, 0.1) is 6.92 Å². The van der Waals surface area contributed by atoms with Gasteiger partial charge in [0, 0.05) is 24.3 Å². The van der Waals surface area contributed by atoms with Gasteiger partial charge in [0.15, 0.2) is 0 Å². The lowest BCUT2D eigenvalue weighted by Crippen LogP contribution is -2.33. The van der Waals surface area contributed by atoms with Gasteiger partial charge in [0.05, 0.1) is 5.69 Å². The van der Waals surface area contributed by atoms with Crippen LogP contribution in [0.15, 0.2) is 18.2 Å². The number of hydrogen-bond acceptors (Lipinski definition) is 3. The first kappa shape index (κ1) is 15.1. The predicted molar refractivity (Wildman–Crippen MR) is 77.7 cm³/mol. The Morgan fingerprint density at radius 3 is 2.61 bits per heavy atom. The van der Waals surface area contributed by atoms with Crippen molar-refractivity contribution in [2.24, 2.45) is 0 Å². The zero-order chi connectivity index (χ0) is 13.5. The van der Waals surface area contributed by atoms with Crippen molar-refractivity contribution in [3.63, 3.8) is 0 Å². The molecule has 0 amide bonds. The van der Waals surface area contributed by atoms with Gasteiger partial charge in [-0.15, -0.1) is 0 Å². The Labute approximate surface area is 112 Å². The minimum absolute atomic E-state index is 0.568. The quantitative estimate of drug-likeness (QED) is 0.805. The summed E-state index contributed by atoms with van der Waals surface area (Å²) in [7, 11) is 2.17. The van der Waals surface area contributed by atoms with E-state index in [4.69, 9.17) is 0 Å². The minimum Gasteiger partial charge on any atom is -0.314 e. The average molecular weight is 249 g/mol. The molecule has 1 atom stereocenters. The first-order valence-electron chi connectivity index (χ1n) is 6.85. The Hall–Kier alpha value is -0.930. The lowest BCUT2D eigenvalue weighted by atomic mass is 10.2. The maximum absolute atomic E-state index is 4.55. The Morgan fingerprint density at radius 2 is 2.00 bits per heavy atom. The summed E-state index contributed by atoms with van der Waals surface area (Å²) in [6.07, 6.45) is 1.17. The molecule has 0 fully saturated rings. The maximum atomic E-state index is 4.55. The van der Waals surface area contributed by atoms with Crippen LogP contribution in [-0.4, -0.2) is 35.6 Å². The van der Waals surface area contributed by atoms with Gasteiger partial charge in [-0.2, -0.15) is 0 Å². The molecule has 1 aromatic heterocycles. The molecule has 0 aliphatic carbocycles. The molecule has 0 spiro atoms. The summed E-state index contributed by atoms with van der Waals surface area (Å²) in [4.78, 5) is 6.91. The fourth-order valence-electron chi connectivity index (χ4n) is 1.90. The summed E-state index contributed by atoms with van der Waals surface area (Å²) in [5, 5.41) is 3.46. The summed E-state index contributed by atoms with van der Waals surface area (Å²) >= 11 is 0. The predicted octanol–water partition coefficient (Wildman–Crippen LogP) is 2.60. The fourth-order valence-corrected chi connectivity index (χ4v) is 1.90. The summed E-state index contributed by atoms with van der Waals surface area (Å²) in [6, 6.07) is 7.36. The minimum atomic E-state index is 0.568. The highest BCUT2D eigenvalue weighted by atomic mass is 15.1. The molecular weight excluding hydrogens is 222 g/mol. The molecule has 1 heterocycles. The van der Waals surface area contributed by atoms with Crippen molar-refractivity contribution in [2.45, 2.75) is 52.7 Å². The van der Waals surface area contributed by atoms with E-state index in [9.17, 15) is 0 Å². The summed E-state index contributed by atoms with van der Waals surface area (Å²) in [5.41, 5.74) is 2.25. The highest BCUT2D eigenvalue weighted by Gasteiger charge is 2.10. The van der Waals surface area contributed by atoms with Gasteiger partial charge >= 0.3 is 0 Å². The third kappa shape index (κ3) is 5.61. The first-order chi connectivity index (χ1) is 8.49. The molecule has 3 nitrogen and oxygen atoms in total. The van der Waals surface area contributed by atoms with Crippen LogP contribution >= 0.6 is 0 Å². The molecule has 0 bridgehead atoms. The highest BCUT2D eigenvalue weighted by Crippen LogP contribution is 2.07. The Bertz CT molecular complexity index is 349. The van der Waals surface area contributed by atoms with E-state index in [1.807, 2.05) is 13.0 Å². The molecule has 0 saturated carbocycles. The zero-order valence-corrected chi connectivity index (χ0v) is 12.4. The van der Waals surface area contributed by atoms with E-state index < -0.39 is 0 Å². The molecule has 18 heavy (non-hydrogen) atoms. The monoisotopic (exact) mass is 249 g/mol. The SMILES string of the molecule is Cc1cccc(CN(C)C(C)CCNC(C)C)n1. The van der Waals surface area contributed by atoms with E-state index in [0.717, 1.165) is 24.5 Å². The van der Waals surface area contributed by atoms with Crippen LogP contribution in [0.25, 0.3) is 0 Å². The van der Waals surface area contributed by atoms with Gasteiger partial charge in [-0.05, 0) is 46.0 Å². The molecule has 1 aromatic rings. The van der Waals surface area contributed by atoms with Gasteiger partial charge in [-0.1, -0.05) is 19.9 Å². The van der Waals surface area contributed by atoms with E-state index in [2.05, 4.69) is 55.2 Å². The normalized spacial score (nSPS) is 13.3. The zero-order valence-electron chi connectivity index (χ0n) is 12.4. The number of pyridine rings is 1. The highest BCUT2D eigenvalue weighted by molar-refractivity contribution is 5.09. The number of nitrogens with zero attached hydrogens (tertiary/aromatic N) is 2. The van der Waals surface area contributed by atoms with Crippen LogP contribution in [0.2, 0.25) is 0 Å².